The molecule has 0 radical (unpaired) electrons. The van der Waals surface area contributed by atoms with Crippen molar-refractivity contribution in [2.45, 2.75) is 77.6 Å². The minimum Gasteiger partial charge on any atom is -0.508 e. The molecule has 108 valence electrons. The van der Waals surface area contributed by atoms with E-state index in [1.807, 2.05) is 0 Å². The van der Waals surface area contributed by atoms with E-state index < -0.39 is 0 Å². The van der Waals surface area contributed by atoms with Crippen LogP contribution in [0.15, 0.2) is 24.3 Å². The molecule has 1 aromatic carbocycles. The van der Waals surface area contributed by atoms with E-state index >= 15 is 0 Å². The maximum Gasteiger partial charge on any atom is 0.115 e. The van der Waals surface area contributed by atoms with Crippen molar-refractivity contribution in [1.82, 2.24) is 0 Å². The maximum absolute atomic E-state index is 9.34. The summed E-state index contributed by atoms with van der Waals surface area (Å²) in [5, 5.41) is 9.34. The molecule has 0 saturated carbocycles. The highest BCUT2D eigenvalue weighted by atomic mass is 16.3. The van der Waals surface area contributed by atoms with E-state index in [2.05, 4.69) is 32.9 Å². The van der Waals surface area contributed by atoms with Gasteiger partial charge in [-0.25, -0.2) is 0 Å². The van der Waals surface area contributed by atoms with Gasteiger partial charge >= 0.3 is 0 Å². The van der Waals surface area contributed by atoms with Crippen molar-refractivity contribution in [3.63, 3.8) is 0 Å². The summed E-state index contributed by atoms with van der Waals surface area (Å²) in [5.41, 5.74) is 1.55. The van der Waals surface area contributed by atoms with Crippen LogP contribution in [0.4, 0.5) is 0 Å². The fourth-order valence-corrected chi connectivity index (χ4v) is 2.58. The Labute approximate surface area is 119 Å². The molecule has 0 aliphatic heterocycles. The van der Waals surface area contributed by atoms with Crippen LogP contribution in [-0.4, -0.2) is 5.11 Å². The van der Waals surface area contributed by atoms with Crippen LogP contribution in [-0.2, 0) is 5.41 Å². The van der Waals surface area contributed by atoms with Crippen molar-refractivity contribution >= 4 is 0 Å². The lowest BCUT2D eigenvalue weighted by molar-refractivity contribution is 0.439. The van der Waals surface area contributed by atoms with Gasteiger partial charge in [-0.15, -0.1) is 0 Å². The van der Waals surface area contributed by atoms with Crippen molar-refractivity contribution in [2.24, 2.45) is 0 Å². The summed E-state index contributed by atoms with van der Waals surface area (Å²) in [7, 11) is 0. The molecule has 1 heteroatoms. The number of rotatable bonds is 9. The lowest BCUT2D eigenvalue weighted by Gasteiger charge is -2.25. The van der Waals surface area contributed by atoms with E-state index in [-0.39, 0.29) is 5.41 Å². The third-order valence-electron chi connectivity index (χ3n) is 4.05. The first-order valence-corrected chi connectivity index (χ1v) is 7.86. The Balaban J connectivity index is 2.25. The van der Waals surface area contributed by atoms with Gasteiger partial charge in [0.15, 0.2) is 0 Å². The Morgan fingerprint density at radius 3 is 1.95 bits per heavy atom. The standard InChI is InChI=1S/C18H30O/c1-4-5-6-7-8-9-10-15-18(2,3)16-11-13-17(19)14-12-16/h11-14,19H,4-10,15H2,1-3H3. The third kappa shape index (κ3) is 6.13. The molecule has 0 heterocycles. The maximum atomic E-state index is 9.34. The number of hydrogen-bond donors (Lipinski definition) is 1. The lowest BCUT2D eigenvalue weighted by Crippen LogP contribution is -2.16. The summed E-state index contributed by atoms with van der Waals surface area (Å²) in [6.07, 6.45) is 10.8. The summed E-state index contributed by atoms with van der Waals surface area (Å²) >= 11 is 0. The molecule has 0 fully saturated rings. The predicted molar refractivity (Wildman–Crippen MR) is 83.7 cm³/mol. The highest BCUT2D eigenvalue weighted by molar-refractivity contribution is 5.30. The Morgan fingerprint density at radius 2 is 1.37 bits per heavy atom. The van der Waals surface area contributed by atoms with Crippen molar-refractivity contribution in [3.05, 3.63) is 29.8 Å². The molecule has 0 unspecified atom stereocenters. The van der Waals surface area contributed by atoms with Gasteiger partial charge in [0.1, 0.15) is 5.75 Å². The first-order valence-electron chi connectivity index (χ1n) is 7.86. The van der Waals surface area contributed by atoms with Gasteiger partial charge in [0, 0.05) is 0 Å². The van der Waals surface area contributed by atoms with Crippen LogP contribution in [0.25, 0.3) is 0 Å². The number of unbranched alkanes of at least 4 members (excludes halogenated alkanes) is 6. The number of phenols is 1. The monoisotopic (exact) mass is 262 g/mol. The Hall–Kier alpha value is -0.980. The van der Waals surface area contributed by atoms with Crippen LogP contribution in [0.5, 0.6) is 5.75 Å². The van der Waals surface area contributed by atoms with Gasteiger partial charge in [-0.2, -0.15) is 0 Å². The Kier molecular flexibility index (Phi) is 6.97. The SMILES string of the molecule is CCCCCCCCCC(C)(C)c1ccc(O)cc1. The second kappa shape index (κ2) is 8.24. The van der Waals surface area contributed by atoms with E-state index in [0.29, 0.717) is 5.75 Å². The van der Waals surface area contributed by atoms with Gasteiger partial charge in [0.25, 0.3) is 0 Å². The van der Waals surface area contributed by atoms with Crippen LogP contribution in [0, 0.1) is 0 Å². The number of hydrogen-bond acceptors (Lipinski definition) is 1. The Bertz CT molecular complexity index is 337. The molecular weight excluding hydrogens is 232 g/mol. The van der Waals surface area contributed by atoms with Crippen LogP contribution >= 0.6 is 0 Å². The molecule has 1 aromatic rings. The van der Waals surface area contributed by atoms with Gasteiger partial charge in [-0.05, 0) is 29.5 Å². The molecule has 0 spiro atoms. The Morgan fingerprint density at radius 1 is 0.842 bits per heavy atom. The molecular formula is C18H30O. The van der Waals surface area contributed by atoms with Crippen LogP contribution in [0.1, 0.15) is 77.7 Å². The van der Waals surface area contributed by atoms with E-state index in [1.54, 1.807) is 12.1 Å². The fraction of sp³-hybridized carbons (Fsp3) is 0.667. The minimum absolute atomic E-state index is 0.219. The van der Waals surface area contributed by atoms with Crippen molar-refractivity contribution in [1.29, 1.82) is 0 Å². The van der Waals surface area contributed by atoms with Gasteiger partial charge in [0.2, 0.25) is 0 Å². The van der Waals surface area contributed by atoms with E-state index in [4.69, 9.17) is 0 Å². The molecule has 0 amide bonds. The molecule has 1 rings (SSSR count). The average molecular weight is 262 g/mol. The molecule has 1 nitrogen and oxygen atoms in total. The van der Waals surface area contributed by atoms with Gasteiger partial charge in [0.05, 0.1) is 0 Å². The molecule has 0 atom stereocenters. The summed E-state index contributed by atoms with van der Waals surface area (Å²) < 4.78 is 0. The molecule has 0 bridgehead atoms. The van der Waals surface area contributed by atoms with Gasteiger partial charge in [-0.1, -0.05) is 77.8 Å². The largest absolute Gasteiger partial charge is 0.508 e. The average Bonchev–Trinajstić information content (AvgIpc) is 2.38. The smallest absolute Gasteiger partial charge is 0.115 e. The van der Waals surface area contributed by atoms with Gasteiger partial charge in [-0.3, -0.25) is 0 Å². The molecule has 0 aromatic heterocycles. The fourth-order valence-electron chi connectivity index (χ4n) is 2.58. The second-order valence-corrected chi connectivity index (χ2v) is 6.30. The van der Waals surface area contributed by atoms with Crippen LogP contribution in [0.2, 0.25) is 0 Å². The normalized spacial score (nSPS) is 11.7. The minimum atomic E-state index is 0.219. The molecule has 0 aliphatic carbocycles. The van der Waals surface area contributed by atoms with Crippen LogP contribution < -0.4 is 0 Å². The first-order chi connectivity index (χ1) is 9.06. The molecule has 19 heavy (non-hydrogen) atoms. The lowest BCUT2D eigenvalue weighted by atomic mass is 9.80. The van der Waals surface area contributed by atoms with E-state index in [1.165, 1.54) is 56.9 Å². The molecule has 1 N–H and O–H groups in total. The topological polar surface area (TPSA) is 20.2 Å². The number of benzene rings is 1. The summed E-state index contributed by atoms with van der Waals surface area (Å²) in [4.78, 5) is 0. The zero-order chi connectivity index (χ0) is 14.1. The molecule has 0 saturated heterocycles. The van der Waals surface area contributed by atoms with Crippen LogP contribution in [0.3, 0.4) is 0 Å². The number of aromatic hydroxyl groups is 1. The second-order valence-electron chi connectivity index (χ2n) is 6.30. The van der Waals surface area contributed by atoms with Crippen molar-refractivity contribution in [3.8, 4) is 5.75 Å². The highest BCUT2D eigenvalue weighted by Gasteiger charge is 2.19. The first kappa shape index (κ1) is 16.1. The summed E-state index contributed by atoms with van der Waals surface area (Å²) in [6.45, 7) is 6.87. The predicted octanol–water partition coefficient (Wildman–Crippen LogP) is 5.81. The number of phenolic OH excluding ortho intramolecular Hbond substituents is 1. The van der Waals surface area contributed by atoms with Crippen molar-refractivity contribution < 1.29 is 5.11 Å². The third-order valence-corrected chi connectivity index (χ3v) is 4.05. The zero-order valence-electron chi connectivity index (χ0n) is 12.9. The van der Waals surface area contributed by atoms with E-state index in [0.717, 1.165) is 0 Å². The van der Waals surface area contributed by atoms with Crippen molar-refractivity contribution in [2.75, 3.05) is 0 Å². The van der Waals surface area contributed by atoms with E-state index in [9.17, 15) is 5.11 Å². The summed E-state index contributed by atoms with van der Waals surface area (Å²) in [6, 6.07) is 7.69. The van der Waals surface area contributed by atoms with Gasteiger partial charge < -0.3 is 5.11 Å². The summed E-state index contributed by atoms with van der Waals surface area (Å²) in [5.74, 6) is 0.357. The molecule has 0 aliphatic rings. The quantitative estimate of drug-likeness (QED) is 0.557. The highest BCUT2D eigenvalue weighted by Crippen LogP contribution is 2.30. The zero-order valence-corrected chi connectivity index (χ0v) is 12.9.